The lowest BCUT2D eigenvalue weighted by molar-refractivity contribution is 0.151. The molecule has 6 heteroatoms. The first-order chi connectivity index (χ1) is 6.61. The van der Waals surface area contributed by atoms with Crippen molar-refractivity contribution >= 4 is 23.2 Å². The molecule has 14 heavy (non-hydrogen) atoms. The van der Waals surface area contributed by atoms with E-state index in [-0.39, 0.29) is 22.2 Å². The maximum absolute atomic E-state index is 12.5. The number of nitrogens with zero attached hydrogens (tertiary/aromatic N) is 2. The van der Waals surface area contributed by atoms with Crippen molar-refractivity contribution in [2.45, 2.75) is 12.3 Å². The summed E-state index contributed by atoms with van der Waals surface area (Å²) in [7, 11) is 0. The van der Waals surface area contributed by atoms with Gasteiger partial charge >= 0.3 is 0 Å². The summed E-state index contributed by atoms with van der Waals surface area (Å²) in [6.07, 6.45) is -1.73. The van der Waals surface area contributed by atoms with Crippen molar-refractivity contribution < 1.29 is 8.78 Å². The van der Waals surface area contributed by atoms with E-state index in [1.807, 2.05) is 0 Å². The number of aromatic nitrogens is 1. The third-order valence-electron chi connectivity index (χ3n) is 1.61. The van der Waals surface area contributed by atoms with Gasteiger partial charge in [-0.05, 0) is 0 Å². The van der Waals surface area contributed by atoms with Crippen LogP contribution in [0.1, 0.15) is 23.2 Å². The molecule has 0 saturated heterocycles. The minimum atomic E-state index is -2.80. The van der Waals surface area contributed by atoms with E-state index in [0.717, 1.165) is 6.20 Å². The van der Waals surface area contributed by atoms with Crippen LogP contribution in [0.25, 0.3) is 0 Å². The quantitative estimate of drug-likeness (QED) is 0.740. The van der Waals surface area contributed by atoms with Crippen molar-refractivity contribution in [1.82, 2.24) is 4.98 Å². The first kappa shape index (κ1) is 11.2. The molecule has 0 radical (unpaired) electrons. The monoisotopic (exact) mass is 236 g/mol. The molecule has 1 rings (SSSR count). The molecule has 0 N–H and O–H groups in total. The fraction of sp³-hybridized carbons (Fsp3) is 0.250. The van der Waals surface area contributed by atoms with E-state index < -0.39 is 12.0 Å². The normalized spacial score (nSPS) is 10.3. The van der Waals surface area contributed by atoms with Crippen molar-refractivity contribution in [2.75, 3.05) is 0 Å². The molecule has 0 atom stereocenters. The Kier molecular flexibility index (Phi) is 3.62. The number of rotatable bonds is 2. The maximum atomic E-state index is 12.5. The average Bonchev–Trinajstić information content (AvgIpc) is 2.16. The Hall–Kier alpha value is -0.920. The maximum Gasteiger partial charge on any atom is 0.266 e. The van der Waals surface area contributed by atoms with Crippen molar-refractivity contribution in [3.05, 3.63) is 28.0 Å². The molecule has 74 valence electrons. The fourth-order valence-corrected chi connectivity index (χ4v) is 1.41. The van der Waals surface area contributed by atoms with E-state index >= 15 is 0 Å². The number of halogens is 4. The Morgan fingerprint density at radius 3 is 2.64 bits per heavy atom. The standard InChI is InChI=1S/C8H4Cl2F2N2/c9-1-6-4(2-13)7(8(11)12)5(10)3-14-6/h3,8H,1H2. The summed E-state index contributed by atoms with van der Waals surface area (Å²) in [5, 5.41) is 8.45. The van der Waals surface area contributed by atoms with Gasteiger partial charge in [-0.15, -0.1) is 11.6 Å². The topological polar surface area (TPSA) is 36.7 Å². The van der Waals surface area contributed by atoms with Crippen LogP contribution in [0.15, 0.2) is 6.20 Å². The molecule has 1 aromatic rings. The van der Waals surface area contributed by atoms with Crippen LogP contribution >= 0.6 is 23.2 Å². The zero-order chi connectivity index (χ0) is 10.7. The van der Waals surface area contributed by atoms with Crippen LogP contribution in [-0.4, -0.2) is 4.98 Å². The van der Waals surface area contributed by atoms with Gasteiger partial charge in [0.15, 0.2) is 0 Å². The van der Waals surface area contributed by atoms with Crippen LogP contribution in [0.3, 0.4) is 0 Å². The Labute approximate surface area is 89.1 Å². The fourth-order valence-electron chi connectivity index (χ4n) is 0.983. The Balaban J connectivity index is 3.45. The second kappa shape index (κ2) is 4.54. The molecule has 1 heterocycles. The van der Waals surface area contributed by atoms with Crippen LogP contribution in [0.5, 0.6) is 0 Å². The van der Waals surface area contributed by atoms with E-state index in [1.54, 1.807) is 6.07 Å². The Morgan fingerprint density at radius 1 is 1.57 bits per heavy atom. The van der Waals surface area contributed by atoms with Gasteiger partial charge in [0.1, 0.15) is 6.07 Å². The highest BCUT2D eigenvalue weighted by Gasteiger charge is 2.20. The molecule has 0 saturated carbocycles. The van der Waals surface area contributed by atoms with Crippen LogP contribution in [0.2, 0.25) is 5.02 Å². The highest BCUT2D eigenvalue weighted by atomic mass is 35.5. The molecule has 0 aliphatic heterocycles. The first-order valence-electron chi connectivity index (χ1n) is 3.53. The van der Waals surface area contributed by atoms with Crippen LogP contribution < -0.4 is 0 Å². The highest BCUT2D eigenvalue weighted by molar-refractivity contribution is 6.31. The number of nitriles is 1. The summed E-state index contributed by atoms with van der Waals surface area (Å²) in [5.41, 5.74) is -0.615. The van der Waals surface area contributed by atoms with Gasteiger partial charge in [0, 0.05) is 6.20 Å². The summed E-state index contributed by atoms with van der Waals surface area (Å²) < 4.78 is 25.0. The third-order valence-corrected chi connectivity index (χ3v) is 2.16. The zero-order valence-corrected chi connectivity index (χ0v) is 8.28. The van der Waals surface area contributed by atoms with Gasteiger partial charge in [0.2, 0.25) is 0 Å². The minimum Gasteiger partial charge on any atom is -0.257 e. The lowest BCUT2D eigenvalue weighted by Crippen LogP contribution is -1.99. The molecule has 2 nitrogen and oxygen atoms in total. The van der Waals surface area contributed by atoms with Crippen molar-refractivity contribution in [3.63, 3.8) is 0 Å². The van der Waals surface area contributed by atoms with Crippen molar-refractivity contribution in [1.29, 1.82) is 5.26 Å². The van der Waals surface area contributed by atoms with Crippen LogP contribution in [0.4, 0.5) is 8.78 Å². The number of hydrogen-bond acceptors (Lipinski definition) is 2. The SMILES string of the molecule is N#Cc1c(CCl)ncc(Cl)c1C(F)F. The molecule has 1 aromatic heterocycles. The lowest BCUT2D eigenvalue weighted by atomic mass is 10.1. The molecule has 0 aromatic carbocycles. The molecule has 0 aliphatic carbocycles. The number of hydrogen-bond donors (Lipinski definition) is 0. The van der Waals surface area contributed by atoms with Crippen molar-refractivity contribution in [2.24, 2.45) is 0 Å². The Morgan fingerprint density at radius 2 is 2.21 bits per heavy atom. The van der Waals surface area contributed by atoms with Crippen LogP contribution in [-0.2, 0) is 5.88 Å². The predicted molar refractivity (Wildman–Crippen MR) is 48.5 cm³/mol. The smallest absolute Gasteiger partial charge is 0.257 e. The zero-order valence-electron chi connectivity index (χ0n) is 6.77. The number of pyridine rings is 1. The second-order valence-electron chi connectivity index (χ2n) is 2.39. The molecular formula is C8H4Cl2F2N2. The second-order valence-corrected chi connectivity index (χ2v) is 3.06. The van der Waals surface area contributed by atoms with Gasteiger partial charge in [-0.25, -0.2) is 8.78 Å². The van der Waals surface area contributed by atoms with Gasteiger partial charge in [0.05, 0.1) is 27.7 Å². The number of alkyl halides is 3. The summed E-state index contributed by atoms with van der Waals surface area (Å²) in [5.74, 6) is -0.0974. The summed E-state index contributed by atoms with van der Waals surface area (Å²) in [6, 6.07) is 1.63. The summed E-state index contributed by atoms with van der Waals surface area (Å²) >= 11 is 10.9. The molecular weight excluding hydrogens is 233 g/mol. The van der Waals surface area contributed by atoms with Gasteiger partial charge < -0.3 is 0 Å². The van der Waals surface area contributed by atoms with Gasteiger partial charge in [-0.3, -0.25) is 4.98 Å². The molecule has 0 unspecified atom stereocenters. The van der Waals surface area contributed by atoms with Crippen LogP contribution in [0, 0.1) is 11.3 Å². The van der Waals surface area contributed by atoms with Gasteiger partial charge in [0.25, 0.3) is 6.43 Å². The summed E-state index contributed by atoms with van der Waals surface area (Å²) in [6.45, 7) is 0. The van der Waals surface area contributed by atoms with E-state index in [9.17, 15) is 8.78 Å². The molecule has 0 spiro atoms. The lowest BCUT2D eigenvalue weighted by Gasteiger charge is -2.07. The molecule has 0 amide bonds. The highest BCUT2D eigenvalue weighted by Crippen LogP contribution is 2.31. The summed E-state index contributed by atoms with van der Waals surface area (Å²) in [4.78, 5) is 3.69. The molecule has 0 bridgehead atoms. The van der Waals surface area contributed by atoms with E-state index in [2.05, 4.69) is 4.98 Å². The first-order valence-corrected chi connectivity index (χ1v) is 4.44. The average molecular weight is 237 g/mol. The van der Waals surface area contributed by atoms with E-state index in [1.165, 1.54) is 0 Å². The van der Waals surface area contributed by atoms with Gasteiger partial charge in [-0.2, -0.15) is 5.26 Å². The van der Waals surface area contributed by atoms with E-state index in [0.29, 0.717) is 0 Å². The minimum absolute atomic E-state index is 0.0974. The Bertz CT molecular complexity index is 388. The van der Waals surface area contributed by atoms with E-state index in [4.69, 9.17) is 28.5 Å². The van der Waals surface area contributed by atoms with Gasteiger partial charge in [-0.1, -0.05) is 11.6 Å². The largest absolute Gasteiger partial charge is 0.266 e. The predicted octanol–water partition coefficient (Wildman–Crippen LogP) is 3.28. The third kappa shape index (κ3) is 1.94. The molecule has 0 aliphatic rings. The van der Waals surface area contributed by atoms with Crippen molar-refractivity contribution in [3.8, 4) is 6.07 Å². The molecule has 0 fully saturated rings.